The van der Waals surface area contributed by atoms with E-state index in [0.29, 0.717) is 29.0 Å². The van der Waals surface area contributed by atoms with Gasteiger partial charge in [-0.25, -0.2) is 4.79 Å². The van der Waals surface area contributed by atoms with Crippen molar-refractivity contribution >= 4 is 30.4 Å². The highest BCUT2D eigenvalue weighted by Crippen LogP contribution is 2.51. The molecule has 2 aliphatic heterocycles. The van der Waals surface area contributed by atoms with Crippen molar-refractivity contribution in [2.45, 2.75) is 96.2 Å². The van der Waals surface area contributed by atoms with E-state index in [1.54, 1.807) is 24.0 Å². The Bertz CT molecular complexity index is 1710. The normalized spacial score (nSPS) is 19.9. The third-order valence-electron chi connectivity index (χ3n) is 10.4. The summed E-state index contributed by atoms with van der Waals surface area (Å²) in [5.74, 6) is -0.225. The van der Waals surface area contributed by atoms with Gasteiger partial charge in [-0.15, -0.1) is 6.58 Å². The molecule has 2 aliphatic rings. The van der Waals surface area contributed by atoms with Gasteiger partial charge in [-0.05, 0) is 41.6 Å². The molecule has 4 atom stereocenters. The number of carbonyl (C=O) groups excluding carboxylic acids is 2. The molecule has 0 radical (unpaired) electrons. The van der Waals surface area contributed by atoms with Gasteiger partial charge in [-0.1, -0.05) is 84.5 Å². The maximum absolute atomic E-state index is 14.9. The Labute approximate surface area is 304 Å². The van der Waals surface area contributed by atoms with Gasteiger partial charge in [-0.3, -0.25) is 9.69 Å². The van der Waals surface area contributed by atoms with Crippen LogP contribution >= 0.6 is 0 Å². The summed E-state index contributed by atoms with van der Waals surface area (Å²) >= 11 is 0. The average Bonchev–Trinajstić information content (AvgIpc) is 3.42. The lowest BCUT2D eigenvalue weighted by Gasteiger charge is -2.47. The number of likely N-dealkylation sites (tertiary alicyclic amines) is 1. The molecule has 51 heavy (non-hydrogen) atoms. The third-order valence-corrected chi connectivity index (χ3v) is 17.0. The van der Waals surface area contributed by atoms with Gasteiger partial charge in [0.1, 0.15) is 18.4 Å². The van der Waals surface area contributed by atoms with Crippen LogP contribution in [0.25, 0.3) is 0 Å². The number of methoxy groups -OCH3 is 2. The second-order valence-corrected chi connectivity index (χ2v) is 21.4. The molecule has 2 heterocycles. The third kappa shape index (κ3) is 7.70. The van der Waals surface area contributed by atoms with Gasteiger partial charge in [-0.2, -0.15) is 8.42 Å². The van der Waals surface area contributed by atoms with Crippen molar-refractivity contribution in [3.05, 3.63) is 78.0 Å². The van der Waals surface area contributed by atoms with Gasteiger partial charge in [0, 0.05) is 22.7 Å². The van der Waals surface area contributed by atoms with Crippen LogP contribution in [-0.4, -0.2) is 77.7 Å². The van der Waals surface area contributed by atoms with Gasteiger partial charge in [0.15, 0.2) is 19.8 Å². The number of hydrogen-bond donors (Lipinski definition) is 0. The van der Waals surface area contributed by atoms with Gasteiger partial charge < -0.3 is 27.7 Å². The number of carbonyl (C=O) groups is 2. The molecule has 0 spiro atoms. The molecule has 0 aromatic heterocycles. The number of benzene rings is 2. The number of nitrogens with zero attached hydrogens (tertiary/aromatic N) is 2. The molecular weight excluding hydrogens is 689 g/mol. The van der Waals surface area contributed by atoms with Crippen LogP contribution in [-0.2, 0) is 30.7 Å². The lowest BCUT2D eigenvalue weighted by atomic mass is 9.95. The van der Waals surface area contributed by atoms with Crippen LogP contribution in [0.4, 0.5) is 4.79 Å². The van der Waals surface area contributed by atoms with E-state index >= 15 is 0 Å². The minimum absolute atomic E-state index is 0.00232. The average molecular weight is 743 g/mol. The van der Waals surface area contributed by atoms with Crippen LogP contribution in [0.2, 0.25) is 16.6 Å². The standard InChI is InChI=1S/C38H54N2O9SSi/c1-13-29-19-31-37(41)39(27(9)34(29)40(31)38(42)47-21-28-17-15-14-16-18-28)32(22-48-51(23(2)3,24(4)5)25(6)7)30-20-33(45-10)26(8)35(46-11)36(30)49-50(12,43)44/h13-18,20,23-25,29,31-32,34H,1,9,19,21-22H2,2-8,10-12H3/t29-,31+,32+,34+/m1/s1. The van der Waals surface area contributed by atoms with E-state index in [4.69, 9.17) is 22.8 Å². The van der Waals surface area contributed by atoms with E-state index in [1.807, 2.05) is 30.3 Å². The summed E-state index contributed by atoms with van der Waals surface area (Å²) in [4.78, 5) is 31.6. The maximum atomic E-state index is 14.9. The summed E-state index contributed by atoms with van der Waals surface area (Å²) in [6.07, 6.45) is 2.37. The largest absolute Gasteiger partial charge is 0.496 e. The molecule has 0 saturated carbocycles. The fourth-order valence-electron chi connectivity index (χ4n) is 8.28. The maximum Gasteiger partial charge on any atom is 0.411 e. The van der Waals surface area contributed by atoms with Crippen molar-refractivity contribution in [2.24, 2.45) is 5.92 Å². The summed E-state index contributed by atoms with van der Waals surface area (Å²) in [7, 11) is -3.71. The zero-order valence-corrected chi connectivity index (χ0v) is 33.4. The molecule has 11 nitrogen and oxygen atoms in total. The predicted molar refractivity (Wildman–Crippen MR) is 200 cm³/mol. The second-order valence-electron chi connectivity index (χ2n) is 14.3. The summed E-state index contributed by atoms with van der Waals surface area (Å²) in [6.45, 7) is 23.2. The quantitative estimate of drug-likeness (QED) is 0.104. The van der Waals surface area contributed by atoms with Crippen LogP contribution in [0.5, 0.6) is 17.2 Å². The van der Waals surface area contributed by atoms with Crippen molar-refractivity contribution in [2.75, 3.05) is 27.1 Å². The molecule has 280 valence electrons. The molecular formula is C38H54N2O9SSi. The zero-order valence-electron chi connectivity index (χ0n) is 31.6. The van der Waals surface area contributed by atoms with E-state index in [2.05, 4.69) is 54.7 Å². The van der Waals surface area contributed by atoms with Crippen LogP contribution in [0.15, 0.2) is 61.3 Å². The van der Waals surface area contributed by atoms with Gasteiger partial charge in [0.25, 0.3) is 0 Å². The number of amides is 2. The Kier molecular flexibility index (Phi) is 12.4. The molecule has 2 aromatic rings. The van der Waals surface area contributed by atoms with Crippen LogP contribution in [0.1, 0.15) is 70.7 Å². The Morgan fingerprint density at radius 3 is 2.14 bits per heavy atom. The summed E-state index contributed by atoms with van der Waals surface area (Å²) in [5.41, 5.74) is 2.60. The number of rotatable bonds is 15. The fraction of sp³-hybridized carbons (Fsp3) is 0.526. The predicted octanol–water partition coefficient (Wildman–Crippen LogP) is 7.52. The molecule has 13 heteroatoms. The number of ether oxygens (including phenoxy) is 3. The minimum Gasteiger partial charge on any atom is -0.496 e. The van der Waals surface area contributed by atoms with Gasteiger partial charge in [0.2, 0.25) is 5.91 Å². The zero-order chi connectivity index (χ0) is 38.0. The minimum atomic E-state index is -4.08. The number of hydrogen-bond acceptors (Lipinski definition) is 9. The van der Waals surface area contributed by atoms with Gasteiger partial charge >= 0.3 is 16.2 Å². The molecule has 2 saturated heterocycles. The first-order valence-corrected chi connectivity index (χ1v) is 21.3. The molecule has 0 aliphatic carbocycles. The SMILES string of the molecule is C=C[C@@H]1C[C@H]2C(=O)N([C@@H](CO[Si](C(C)C)(C(C)C)C(C)C)c3cc(OC)c(C)c(OC)c3OS(C)(=O)=O)C(=C)[C@@H]1N2C(=O)OCc1ccccc1. The first kappa shape index (κ1) is 40.0. The van der Waals surface area contributed by atoms with Crippen LogP contribution in [0.3, 0.4) is 0 Å². The highest BCUT2D eigenvalue weighted by molar-refractivity contribution is 7.86. The molecule has 0 N–H and O–H groups in total. The van der Waals surface area contributed by atoms with Crippen molar-refractivity contribution in [1.29, 1.82) is 0 Å². The van der Waals surface area contributed by atoms with Gasteiger partial charge in [0.05, 0.1) is 39.2 Å². The molecule has 2 aromatic carbocycles. The summed E-state index contributed by atoms with van der Waals surface area (Å²) in [5, 5.41) is 0. The van der Waals surface area contributed by atoms with Crippen molar-refractivity contribution in [3.8, 4) is 17.2 Å². The highest BCUT2D eigenvalue weighted by atomic mass is 32.2. The fourth-order valence-corrected chi connectivity index (χ4v) is 14.2. The Hall–Kier alpha value is -3.81. The number of fused-ring (bicyclic) bond motifs is 2. The molecule has 4 rings (SSSR count). The molecule has 2 bridgehead atoms. The highest BCUT2D eigenvalue weighted by Gasteiger charge is 2.57. The van der Waals surface area contributed by atoms with Crippen molar-refractivity contribution in [1.82, 2.24) is 9.80 Å². The Balaban J connectivity index is 1.91. The van der Waals surface area contributed by atoms with E-state index in [1.165, 1.54) is 19.1 Å². The van der Waals surface area contributed by atoms with E-state index in [0.717, 1.165) is 11.8 Å². The lowest BCUT2D eigenvalue weighted by Crippen LogP contribution is -2.59. The number of piperazine rings is 1. The van der Waals surface area contributed by atoms with Crippen LogP contribution < -0.4 is 13.7 Å². The topological polar surface area (TPSA) is 121 Å². The summed E-state index contributed by atoms with van der Waals surface area (Å²) in [6, 6.07) is 8.49. The molecule has 2 fully saturated rings. The smallest absolute Gasteiger partial charge is 0.411 e. The molecule has 2 amide bonds. The first-order valence-electron chi connectivity index (χ1n) is 17.4. The van der Waals surface area contributed by atoms with E-state index < -0.39 is 48.6 Å². The van der Waals surface area contributed by atoms with Crippen molar-refractivity contribution in [3.63, 3.8) is 0 Å². The second kappa shape index (κ2) is 15.8. The van der Waals surface area contributed by atoms with E-state index in [9.17, 15) is 18.0 Å². The Morgan fingerprint density at radius 1 is 1.02 bits per heavy atom. The Morgan fingerprint density at radius 2 is 1.63 bits per heavy atom. The van der Waals surface area contributed by atoms with E-state index in [-0.39, 0.29) is 47.3 Å². The molecule has 0 unspecified atom stereocenters. The summed E-state index contributed by atoms with van der Waals surface area (Å²) < 4.78 is 55.6. The lowest BCUT2D eigenvalue weighted by molar-refractivity contribution is -0.140. The monoisotopic (exact) mass is 742 g/mol. The first-order chi connectivity index (χ1) is 23.9. The van der Waals surface area contributed by atoms with Crippen molar-refractivity contribution < 1.29 is 40.8 Å². The van der Waals surface area contributed by atoms with Crippen LogP contribution in [0, 0.1) is 12.8 Å².